The van der Waals surface area contributed by atoms with E-state index in [0.29, 0.717) is 0 Å². The Bertz CT molecular complexity index is 1190. The maximum absolute atomic E-state index is 10.4. The van der Waals surface area contributed by atoms with Gasteiger partial charge < -0.3 is 13.7 Å². The second kappa shape index (κ2) is 13.2. The third-order valence-electron chi connectivity index (χ3n) is 3.93. The molecular weight excluding hydrogens is 593 g/mol. The molecule has 0 aliphatic carbocycles. The van der Waals surface area contributed by atoms with Gasteiger partial charge in [-0.05, 0) is 57.2 Å². The Hall–Kier alpha value is -1.99. The first-order valence-corrected chi connectivity index (χ1v) is 13.3. The van der Waals surface area contributed by atoms with E-state index in [1.54, 1.807) is 36.4 Å². The fourth-order valence-electron chi connectivity index (χ4n) is 2.11. The zero-order valence-electron chi connectivity index (χ0n) is 18.2. The van der Waals surface area contributed by atoms with Crippen molar-refractivity contribution in [1.82, 2.24) is 0 Å². The molecule has 3 aromatic rings. The molecule has 1 radical (unpaired) electrons. The zero-order valence-corrected chi connectivity index (χ0v) is 22.4. The molecule has 0 aliphatic rings. The van der Waals surface area contributed by atoms with E-state index < -0.39 is 30.4 Å². The van der Waals surface area contributed by atoms with E-state index in [2.05, 4.69) is 0 Å². The first-order valence-electron chi connectivity index (χ1n) is 9.08. The molecule has 9 nitrogen and oxygen atoms in total. The van der Waals surface area contributed by atoms with Gasteiger partial charge >= 0.3 is 19.5 Å². The van der Waals surface area contributed by atoms with E-state index in [0.717, 1.165) is 16.7 Å². The molecule has 13 heteroatoms. The van der Waals surface area contributed by atoms with E-state index in [4.69, 9.17) is 0 Å². The molecule has 0 atom stereocenters. The predicted molar refractivity (Wildman–Crippen MR) is 117 cm³/mol. The summed E-state index contributed by atoms with van der Waals surface area (Å²) in [7, 11) is -12.8. The van der Waals surface area contributed by atoms with Gasteiger partial charge in [-0.2, -0.15) is 0 Å². The topological polar surface area (TPSA) is 172 Å². The second-order valence-electron chi connectivity index (χ2n) is 6.80. The molecule has 0 saturated carbocycles. The van der Waals surface area contributed by atoms with Crippen LogP contribution < -0.4 is 0 Å². The van der Waals surface area contributed by atoms with Crippen molar-refractivity contribution < 1.29 is 58.4 Å². The minimum Gasteiger partial charge on any atom is -0.744 e. The molecule has 0 aliphatic heterocycles. The Morgan fingerprint density at radius 1 is 0.412 bits per heavy atom. The van der Waals surface area contributed by atoms with Crippen molar-refractivity contribution in [2.45, 2.75) is 35.5 Å². The van der Waals surface area contributed by atoms with E-state index in [1.807, 2.05) is 20.8 Å². The van der Waals surface area contributed by atoms with Crippen molar-refractivity contribution in [3.63, 3.8) is 0 Å². The minimum absolute atomic E-state index is 0. The van der Waals surface area contributed by atoms with Gasteiger partial charge in [0.2, 0.25) is 0 Å². The van der Waals surface area contributed by atoms with Gasteiger partial charge in [-0.25, -0.2) is 25.3 Å². The maximum atomic E-state index is 10.4. The molecular formula is C21H21O9RuS3. The summed E-state index contributed by atoms with van der Waals surface area (Å²) in [4.78, 5) is -0.533. The van der Waals surface area contributed by atoms with Crippen molar-refractivity contribution in [2.24, 2.45) is 0 Å². The van der Waals surface area contributed by atoms with E-state index in [-0.39, 0.29) is 34.2 Å². The SMILES string of the molecule is Cc1ccc(S(=O)(=O)[O-])cc1.Cc1ccc(S(=O)(=O)[O-])cc1.Cc1ccc(S(=O)(=O)[O-])cc1.[Ru+3]. The smallest absolute Gasteiger partial charge is 0.744 e. The average molecular weight is 615 g/mol. The quantitative estimate of drug-likeness (QED) is 0.318. The number of hydrogen-bond donors (Lipinski definition) is 0. The minimum atomic E-state index is -4.27. The van der Waals surface area contributed by atoms with Crippen molar-refractivity contribution in [2.75, 3.05) is 0 Å². The van der Waals surface area contributed by atoms with Crippen LogP contribution in [0.1, 0.15) is 16.7 Å². The Balaban J connectivity index is 0.000000473. The molecule has 0 N–H and O–H groups in total. The van der Waals surface area contributed by atoms with Gasteiger partial charge in [-0.15, -0.1) is 0 Å². The van der Waals surface area contributed by atoms with E-state index in [1.165, 1.54) is 36.4 Å². The Kier molecular flexibility index (Phi) is 12.4. The van der Waals surface area contributed by atoms with Crippen LogP contribution in [0, 0.1) is 20.8 Å². The molecule has 3 aromatic carbocycles. The molecule has 0 spiro atoms. The molecule has 0 amide bonds. The van der Waals surface area contributed by atoms with Crippen molar-refractivity contribution in [3.8, 4) is 0 Å². The zero-order chi connectivity index (χ0) is 25.4. The molecule has 3 rings (SSSR count). The number of aryl methyl sites for hydroxylation is 3. The van der Waals surface area contributed by atoms with Crippen molar-refractivity contribution in [1.29, 1.82) is 0 Å². The summed E-state index contributed by atoms with van der Waals surface area (Å²) in [6.07, 6.45) is 0. The molecule has 0 fully saturated rings. The monoisotopic (exact) mass is 615 g/mol. The van der Waals surface area contributed by atoms with Gasteiger partial charge in [-0.1, -0.05) is 53.1 Å². The van der Waals surface area contributed by atoms with Gasteiger partial charge in [0.05, 0.1) is 14.7 Å². The average Bonchev–Trinajstić information content (AvgIpc) is 2.68. The molecule has 0 bridgehead atoms. The fraction of sp³-hybridized carbons (Fsp3) is 0.143. The molecule has 0 saturated heterocycles. The van der Waals surface area contributed by atoms with E-state index >= 15 is 0 Å². The summed E-state index contributed by atoms with van der Waals surface area (Å²) in [5.41, 5.74) is 2.78. The van der Waals surface area contributed by atoms with Crippen LogP contribution in [0.25, 0.3) is 0 Å². The van der Waals surface area contributed by atoms with Crippen LogP contribution in [0.5, 0.6) is 0 Å². The fourth-order valence-corrected chi connectivity index (χ4v) is 3.52. The van der Waals surface area contributed by atoms with Crippen LogP contribution in [-0.2, 0) is 49.8 Å². The van der Waals surface area contributed by atoms with Gasteiger partial charge in [0, 0.05) is 0 Å². The number of benzene rings is 3. The van der Waals surface area contributed by atoms with Crippen molar-refractivity contribution in [3.05, 3.63) is 89.5 Å². The molecule has 0 heterocycles. The Labute approximate surface area is 212 Å². The number of hydrogen-bond acceptors (Lipinski definition) is 9. The summed E-state index contributed by atoms with van der Waals surface area (Å²) in [5.74, 6) is 0. The van der Waals surface area contributed by atoms with Gasteiger partial charge in [0.1, 0.15) is 30.4 Å². The summed E-state index contributed by atoms with van der Waals surface area (Å²) in [6, 6.07) is 17.3. The summed E-state index contributed by atoms with van der Waals surface area (Å²) in [6.45, 7) is 5.46. The Morgan fingerprint density at radius 3 is 0.676 bits per heavy atom. The first kappa shape index (κ1) is 32.0. The molecule has 0 aromatic heterocycles. The third-order valence-corrected chi connectivity index (χ3v) is 6.48. The van der Waals surface area contributed by atoms with Crippen LogP contribution in [0.3, 0.4) is 0 Å². The summed E-state index contributed by atoms with van der Waals surface area (Å²) in [5, 5.41) is 0. The van der Waals surface area contributed by atoms with Crippen LogP contribution in [0.2, 0.25) is 0 Å². The molecule has 185 valence electrons. The Morgan fingerprint density at radius 2 is 0.559 bits per heavy atom. The largest absolute Gasteiger partial charge is 3.00 e. The molecule has 34 heavy (non-hydrogen) atoms. The predicted octanol–water partition coefficient (Wildman–Crippen LogP) is 2.69. The van der Waals surface area contributed by atoms with Crippen LogP contribution in [0.15, 0.2) is 87.5 Å². The summed E-state index contributed by atoms with van der Waals surface area (Å²) >= 11 is 0. The third kappa shape index (κ3) is 11.9. The summed E-state index contributed by atoms with van der Waals surface area (Å²) < 4.78 is 93.5. The van der Waals surface area contributed by atoms with Crippen LogP contribution in [-0.4, -0.2) is 38.9 Å². The normalized spacial score (nSPS) is 11.1. The first-order chi connectivity index (χ1) is 15.0. The maximum Gasteiger partial charge on any atom is 3.00 e. The standard InChI is InChI=1S/3C7H8O3S.Ru/c3*1-6-2-4-7(5-3-6)11(8,9)10;/h3*2-5H,1H3,(H,8,9,10);/q;;;+3/p-3. The second-order valence-corrected chi connectivity index (χ2v) is 10.9. The van der Waals surface area contributed by atoms with Crippen LogP contribution in [0.4, 0.5) is 0 Å². The molecule has 0 unspecified atom stereocenters. The van der Waals surface area contributed by atoms with Crippen molar-refractivity contribution >= 4 is 30.4 Å². The van der Waals surface area contributed by atoms with Crippen LogP contribution >= 0.6 is 0 Å². The number of rotatable bonds is 3. The van der Waals surface area contributed by atoms with E-state index in [9.17, 15) is 38.9 Å². The van der Waals surface area contributed by atoms with Gasteiger partial charge in [0.15, 0.2) is 0 Å². The van der Waals surface area contributed by atoms with Gasteiger partial charge in [0.25, 0.3) is 0 Å². The van der Waals surface area contributed by atoms with Gasteiger partial charge in [-0.3, -0.25) is 0 Å².